The summed E-state index contributed by atoms with van der Waals surface area (Å²) in [4.78, 5) is 16.3. The van der Waals surface area contributed by atoms with E-state index in [1.54, 1.807) is 7.11 Å². The fraction of sp³-hybridized carbons (Fsp3) is 0.353. The van der Waals surface area contributed by atoms with Gasteiger partial charge in [-0.1, -0.05) is 30.3 Å². The molecular formula is C17H21ClN2O2S. The van der Waals surface area contributed by atoms with E-state index in [0.29, 0.717) is 17.2 Å². The summed E-state index contributed by atoms with van der Waals surface area (Å²) >= 11 is 1.48. The summed E-state index contributed by atoms with van der Waals surface area (Å²) in [6.07, 6.45) is 1.95. The molecule has 2 aromatic rings. The molecule has 23 heavy (non-hydrogen) atoms. The second-order valence-corrected chi connectivity index (χ2v) is 6.58. The van der Waals surface area contributed by atoms with Crippen molar-refractivity contribution in [1.29, 1.82) is 0 Å². The van der Waals surface area contributed by atoms with Gasteiger partial charge in [-0.15, -0.1) is 23.7 Å². The molecule has 124 valence electrons. The van der Waals surface area contributed by atoms with Crippen LogP contribution in [0, 0.1) is 0 Å². The highest BCUT2D eigenvalue weighted by molar-refractivity contribution is 7.17. The molecule has 1 atom stereocenters. The molecule has 4 nitrogen and oxygen atoms in total. The number of hydrogen-bond donors (Lipinski definition) is 1. The first-order valence-electron chi connectivity index (χ1n) is 7.47. The molecule has 1 aliphatic rings. The largest absolute Gasteiger partial charge is 0.495 e. The van der Waals surface area contributed by atoms with E-state index < -0.39 is 0 Å². The number of carbonyl (C=O) groups is 1. The SMILES string of the molecule is COc1cc(-c2ccccc2)sc1C(=O)N1CCCC(N)C1.Cl. The highest BCUT2D eigenvalue weighted by atomic mass is 35.5. The number of piperidine rings is 1. The zero-order valence-corrected chi connectivity index (χ0v) is 14.7. The van der Waals surface area contributed by atoms with Crippen LogP contribution in [0.3, 0.4) is 0 Å². The van der Waals surface area contributed by atoms with Crippen LogP contribution < -0.4 is 10.5 Å². The smallest absolute Gasteiger partial charge is 0.267 e. The number of thiophene rings is 1. The van der Waals surface area contributed by atoms with Gasteiger partial charge in [0.2, 0.25) is 0 Å². The third-order valence-electron chi connectivity index (χ3n) is 3.92. The topological polar surface area (TPSA) is 55.6 Å². The predicted octanol–water partition coefficient (Wildman–Crippen LogP) is 3.41. The molecule has 1 aliphatic heterocycles. The van der Waals surface area contributed by atoms with Gasteiger partial charge in [0, 0.05) is 24.0 Å². The van der Waals surface area contributed by atoms with E-state index in [1.807, 2.05) is 41.3 Å². The van der Waals surface area contributed by atoms with Gasteiger partial charge in [0.1, 0.15) is 10.6 Å². The molecule has 0 radical (unpaired) electrons. The van der Waals surface area contributed by atoms with Crippen molar-refractivity contribution in [3.05, 3.63) is 41.3 Å². The summed E-state index contributed by atoms with van der Waals surface area (Å²) < 4.78 is 5.42. The molecule has 1 fully saturated rings. The number of carbonyl (C=O) groups excluding carboxylic acids is 1. The fourth-order valence-electron chi connectivity index (χ4n) is 2.76. The quantitative estimate of drug-likeness (QED) is 0.921. The van der Waals surface area contributed by atoms with Gasteiger partial charge in [-0.05, 0) is 24.5 Å². The maximum atomic E-state index is 12.8. The highest BCUT2D eigenvalue weighted by Crippen LogP contribution is 2.37. The first-order chi connectivity index (χ1) is 10.7. The lowest BCUT2D eigenvalue weighted by atomic mass is 10.1. The van der Waals surface area contributed by atoms with Crippen molar-refractivity contribution >= 4 is 29.7 Å². The van der Waals surface area contributed by atoms with Crippen LogP contribution in [0.4, 0.5) is 0 Å². The Morgan fingerprint density at radius 2 is 2.09 bits per heavy atom. The lowest BCUT2D eigenvalue weighted by molar-refractivity contribution is 0.0710. The summed E-state index contributed by atoms with van der Waals surface area (Å²) in [5.74, 6) is 0.673. The van der Waals surface area contributed by atoms with E-state index in [1.165, 1.54) is 11.3 Å². The third kappa shape index (κ3) is 3.86. The molecule has 0 aliphatic carbocycles. The number of ether oxygens (including phenoxy) is 1. The van der Waals surface area contributed by atoms with Gasteiger partial charge in [-0.25, -0.2) is 0 Å². The summed E-state index contributed by atoms with van der Waals surface area (Å²) in [7, 11) is 1.61. The number of likely N-dealkylation sites (tertiary alicyclic amines) is 1. The molecule has 1 aromatic heterocycles. The summed E-state index contributed by atoms with van der Waals surface area (Å²) in [5, 5.41) is 0. The molecule has 1 aromatic carbocycles. The average molecular weight is 353 g/mol. The van der Waals surface area contributed by atoms with E-state index in [2.05, 4.69) is 0 Å². The van der Waals surface area contributed by atoms with Gasteiger partial charge in [0.25, 0.3) is 5.91 Å². The van der Waals surface area contributed by atoms with E-state index in [4.69, 9.17) is 10.5 Å². The molecule has 6 heteroatoms. The Morgan fingerprint density at radius 1 is 1.35 bits per heavy atom. The van der Waals surface area contributed by atoms with Crippen LogP contribution in [0.5, 0.6) is 5.75 Å². The van der Waals surface area contributed by atoms with Crippen LogP contribution in [0.15, 0.2) is 36.4 Å². The minimum atomic E-state index is 0. The Balaban J connectivity index is 0.00000192. The number of benzene rings is 1. The van der Waals surface area contributed by atoms with E-state index in [0.717, 1.165) is 29.8 Å². The van der Waals surface area contributed by atoms with E-state index >= 15 is 0 Å². The molecule has 1 unspecified atom stereocenters. The maximum absolute atomic E-state index is 12.8. The summed E-state index contributed by atoms with van der Waals surface area (Å²) in [6.45, 7) is 1.40. The first kappa shape index (κ1) is 17.8. The Morgan fingerprint density at radius 3 is 2.74 bits per heavy atom. The zero-order chi connectivity index (χ0) is 15.5. The Labute approximate surface area is 146 Å². The van der Waals surface area contributed by atoms with E-state index in [-0.39, 0.29) is 24.4 Å². The van der Waals surface area contributed by atoms with Crippen LogP contribution in [-0.2, 0) is 0 Å². The number of nitrogens with two attached hydrogens (primary N) is 1. The van der Waals surface area contributed by atoms with Crippen molar-refractivity contribution in [2.75, 3.05) is 20.2 Å². The molecule has 3 rings (SSSR count). The molecule has 0 spiro atoms. The normalized spacial score (nSPS) is 17.5. The van der Waals surface area contributed by atoms with Crippen molar-refractivity contribution in [3.8, 4) is 16.2 Å². The number of methoxy groups -OCH3 is 1. The zero-order valence-electron chi connectivity index (χ0n) is 13.0. The van der Waals surface area contributed by atoms with Crippen LogP contribution in [0.1, 0.15) is 22.5 Å². The maximum Gasteiger partial charge on any atom is 0.267 e. The minimum Gasteiger partial charge on any atom is -0.495 e. The van der Waals surface area contributed by atoms with Crippen molar-refractivity contribution in [2.24, 2.45) is 5.73 Å². The Kier molecular flexibility index (Phi) is 6.04. The van der Waals surface area contributed by atoms with Crippen LogP contribution in [-0.4, -0.2) is 37.0 Å². The Bertz CT molecular complexity index is 660. The van der Waals surface area contributed by atoms with Gasteiger partial charge in [0.05, 0.1) is 7.11 Å². The lowest BCUT2D eigenvalue weighted by Gasteiger charge is -2.30. The van der Waals surface area contributed by atoms with Gasteiger partial charge in [-0.3, -0.25) is 4.79 Å². The molecule has 2 heterocycles. The lowest BCUT2D eigenvalue weighted by Crippen LogP contribution is -2.45. The van der Waals surface area contributed by atoms with Crippen LogP contribution in [0.25, 0.3) is 10.4 Å². The summed E-state index contributed by atoms with van der Waals surface area (Å²) in [6, 6.07) is 12.1. The number of halogens is 1. The van der Waals surface area contributed by atoms with Crippen molar-refractivity contribution in [1.82, 2.24) is 4.90 Å². The van der Waals surface area contributed by atoms with Crippen molar-refractivity contribution in [3.63, 3.8) is 0 Å². The molecule has 1 saturated heterocycles. The third-order valence-corrected chi connectivity index (χ3v) is 5.07. The van der Waals surface area contributed by atoms with Crippen LogP contribution in [0.2, 0.25) is 0 Å². The minimum absolute atomic E-state index is 0. The monoisotopic (exact) mass is 352 g/mol. The fourth-order valence-corrected chi connectivity index (χ4v) is 3.86. The molecular weight excluding hydrogens is 332 g/mol. The molecule has 0 saturated carbocycles. The van der Waals surface area contributed by atoms with Crippen molar-refractivity contribution < 1.29 is 9.53 Å². The van der Waals surface area contributed by atoms with E-state index in [9.17, 15) is 4.79 Å². The number of rotatable bonds is 3. The Hall–Kier alpha value is -1.56. The standard InChI is InChI=1S/C17H20N2O2S.ClH/c1-21-14-10-15(12-6-3-2-4-7-12)22-16(14)17(20)19-9-5-8-13(18)11-19;/h2-4,6-7,10,13H,5,8-9,11,18H2,1H3;1H. The first-order valence-corrected chi connectivity index (χ1v) is 8.29. The molecule has 0 bridgehead atoms. The number of hydrogen-bond acceptors (Lipinski definition) is 4. The summed E-state index contributed by atoms with van der Waals surface area (Å²) in [5.41, 5.74) is 7.08. The van der Waals surface area contributed by atoms with Gasteiger partial charge in [-0.2, -0.15) is 0 Å². The van der Waals surface area contributed by atoms with Gasteiger partial charge in [0.15, 0.2) is 0 Å². The average Bonchev–Trinajstić information content (AvgIpc) is 2.99. The van der Waals surface area contributed by atoms with Gasteiger partial charge < -0.3 is 15.4 Å². The predicted molar refractivity (Wildman–Crippen MR) is 96.7 cm³/mol. The second-order valence-electron chi connectivity index (χ2n) is 5.53. The second kappa shape index (κ2) is 7.81. The molecule has 1 amide bonds. The number of nitrogens with zero attached hydrogens (tertiary/aromatic N) is 1. The van der Waals surface area contributed by atoms with Crippen LogP contribution >= 0.6 is 23.7 Å². The van der Waals surface area contributed by atoms with Crippen molar-refractivity contribution in [2.45, 2.75) is 18.9 Å². The number of amides is 1. The highest BCUT2D eigenvalue weighted by Gasteiger charge is 2.26. The van der Waals surface area contributed by atoms with Gasteiger partial charge >= 0.3 is 0 Å². The molecule has 2 N–H and O–H groups in total.